The van der Waals surface area contributed by atoms with E-state index in [2.05, 4.69) is 25.5 Å². The maximum atomic E-state index is 12.3. The van der Waals surface area contributed by atoms with Crippen LogP contribution >= 0.6 is 0 Å². The molecule has 0 atom stereocenters. The molecular formula is C25H40N6O6. The number of alkyl carbamates (subject to hydrolysis) is 1. The summed E-state index contributed by atoms with van der Waals surface area (Å²) in [6.45, 7) is 18.1. The maximum Gasteiger partial charge on any atom is 0.437 e. The molecule has 206 valence electrons. The van der Waals surface area contributed by atoms with Gasteiger partial charge in [0.05, 0.1) is 11.9 Å². The minimum atomic E-state index is -0.884. The first kappa shape index (κ1) is 29.7. The van der Waals surface area contributed by atoms with Crippen molar-refractivity contribution in [3.05, 3.63) is 18.3 Å². The minimum absolute atomic E-state index is 0.185. The van der Waals surface area contributed by atoms with Gasteiger partial charge in [-0.15, -0.1) is 4.99 Å². The monoisotopic (exact) mass is 520 g/mol. The lowest BCUT2D eigenvalue weighted by atomic mass is 10.2. The van der Waals surface area contributed by atoms with Gasteiger partial charge in [-0.05, 0) is 74.4 Å². The van der Waals surface area contributed by atoms with Crippen molar-refractivity contribution in [3.8, 4) is 0 Å². The Morgan fingerprint density at radius 1 is 0.838 bits per heavy atom. The number of carbonyl (C=O) groups is 3. The highest BCUT2D eigenvalue weighted by Crippen LogP contribution is 2.19. The normalized spacial score (nSPS) is 15.1. The van der Waals surface area contributed by atoms with Crippen LogP contribution in [-0.4, -0.2) is 77.1 Å². The fourth-order valence-electron chi connectivity index (χ4n) is 3.11. The van der Waals surface area contributed by atoms with Crippen molar-refractivity contribution in [2.45, 2.75) is 79.1 Å². The van der Waals surface area contributed by atoms with Gasteiger partial charge in [0.25, 0.3) is 0 Å². The van der Waals surface area contributed by atoms with Crippen LogP contribution in [0.2, 0.25) is 0 Å². The van der Waals surface area contributed by atoms with Gasteiger partial charge in [0.2, 0.25) is 5.96 Å². The van der Waals surface area contributed by atoms with Gasteiger partial charge < -0.3 is 29.3 Å². The highest BCUT2D eigenvalue weighted by Gasteiger charge is 2.26. The Hall–Kier alpha value is -3.57. The summed E-state index contributed by atoms with van der Waals surface area (Å²) < 4.78 is 15.9. The lowest BCUT2D eigenvalue weighted by Crippen LogP contribution is -2.50. The molecule has 1 aliphatic rings. The third kappa shape index (κ3) is 11.4. The summed E-state index contributed by atoms with van der Waals surface area (Å²) in [5.74, 6) is 0.157. The number of hydrogen-bond donors (Lipinski definition) is 2. The number of aliphatic imine (C=N–C) groups is 1. The molecule has 0 saturated carbocycles. The Morgan fingerprint density at radius 2 is 1.41 bits per heavy atom. The van der Waals surface area contributed by atoms with E-state index in [1.54, 1.807) is 58.7 Å². The van der Waals surface area contributed by atoms with E-state index in [0.29, 0.717) is 32.0 Å². The number of nitrogens with zero attached hydrogens (tertiary/aromatic N) is 4. The van der Waals surface area contributed by atoms with Gasteiger partial charge in [0.1, 0.15) is 22.6 Å². The number of carbonyl (C=O) groups excluding carboxylic acids is 3. The molecule has 0 aromatic carbocycles. The Kier molecular flexibility index (Phi) is 9.34. The van der Waals surface area contributed by atoms with Crippen LogP contribution in [0.3, 0.4) is 0 Å². The first-order chi connectivity index (χ1) is 16.9. The summed E-state index contributed by atoms with van der Waals surface area (Å²) in [7, 11) is 0. The topological polar surface area (TPSA) is 135 Å². The lowest BCUT2D eigenvalue weighted by Gasteiger charge is -2.36. The van der Waals surface area contributed by atoms with E-state index < -0.39 is 29.0 Å². The highest BCUT2D eigenvalue weighted by molar-refractivity contribution is 6.05. The average molecular weight is 521 g/mol. The van der Waals surface area contributed by atoms with E-state index in [0.717, 1.165) is 5.69 Å². The number of rotatable bonds is 2. The molecule has 2 N–H and O–H groups in total. The summed E-state index contributed by atoms with van der Waals surface area (Å²) in [5, 5.41) is 5.25. The number of hydrogen-bond acceptors (Lipinski definition) is 8. The number of anilines is 2. The summed E-state index contributed by atoms with van der Waals surface area (Å²) in [5.41, 5.74) is -1.18. The Labute approximate surface area is 218 Å². The minimum Gasteiger partial charge on any atom is -0.444 e. The van der Waals surface area contributed by atoms with E-state index in [1.165, 1.54) is 0 Å². The van der Waals surface area contributed by atoms with E-state index in [-0.39, 0.29) is 12.1 Å². The van der Waals surface area contributed by atoms with Crippen molar-refractivity contribution >= 4 is 35.7 Å². The number of amides is 3. The van der Waals surface area contributed by atoms with Crippen molar-refractivity contribution in [2.75, 3.05) is 36.4 Å². The lowest BCUT2D eigenvalue weighted by molar-refractivity contribution is 0.0240. The summed E-state index contributed by atoms with van der Waals surface area (Å²) in [6.07, 6.45) is -0.337. The highest BCUT2D eigenvalue weighted by atomic mass is 16.6. The van der Waals surface area contributed by atoms with Crippen LogP contribution in [0.1, 0.15) is 62.3 Å². The standard InChI is InChI=1S/C25H40N6O6/c1-23(2,3)35-20(32)28-19(29-21(33)36-24(4,5)6)27-18-11-10-17(16-26-18)30-12-14-31(15-13-30)22(34)37-25(7,8)9/h10-11,16H,12-15H2,1-9H3,(H2,26,27,28,29,32,33). The zero-order valence-corrected chi connectivity index (χ0v) is 23.3. The molecule has 0 spiro atoms. The first-order valence-corrected chi connectivity index (χ1v) is 12.2. The smallest absolute Gasteiger partial charge is 0.437 e. The van der Waals surface area contributed by atoms with Crippen molar-refractivity contribution in [3.63, 3.8) is 0 Å². The van der Waals surface area contributed by atoms with Crippen LogP contribution in [0, 0.1) is 0 Å². The van der Waals surface area contributed by atoms with Crippen LogP contribution < -0.4 is 15.5 Å². The summed E-state index contributed by atoms with van der Waals surface area (Å²) in [6, 6.07) is 3.54. The Bertz CT molecular complexity index is 981. The van der Waals surface area contributed by atoms with Crippen LogP contribution in [-0.2, 0) is 14.2 Å². The molecule has 2 heterocycles. The molecule has 1 aromatic rings. The summed E-state index contributed by atoms with van der Waals surface area (Å²) >= 11 is 0. The number of ether oxygens (including phenoxy) is 3. The number of piperazine rings is 1. The molecule has 0 radical (unpaired) electrons. The van der Waals surface area contributed by atoms with Gasteiger partial charge in [-0.25, -0.2) is 19.4 Å². The van der Waals surface area contributed by atoms with Gasteiger partial charge in [0.15, 0.2) is 0 Å². The fourth-order valence-corrected chi connectivity index (χ4v) is 3.11. The zero-order chi connectivity index (χ0) is 28.0. The number of aromatic nitrogens is 1. The second-order valence-electron chi connectivity index (χ2n) is 11.5. The van der Waals surface area contributed by atoms with Crippen molar-refractivity contribution in [2.24, 2.45) is 4.99 Å². The Balaban J connectivity index is 2.06. The van der Waals surface area contributed by atoms with Gasteiger partial charge in [-0.2, -0.15) is 0 Å². The van der Waals surface area contributed by atoms with Crippen LogP contribution in [0.25, 0.3) is 0 Å². The van der Waals surface area contributed by atoms with Crippen molar-refractivity contribution in [1.29, 1.82) is 0 Å². The SMILES string of the molecule is CC(C)(C)OC(=O)N=C(NC(=O)OC(C)(C)C)Nc1ccc(N2CCN(C(=O)OC(C)(C)C)CC2)cn1. The number of guanidine groups is 1. The van der Waals surface area contributed by atoms with Gasteiger partial charge in [-0.3, -0.25) is 5.32 Å². The van der Waals surface area contributed by atoms with Crippen LogP contribution in [0.5, 0.6) is 0 Å². The van der Waals surface area contributed by atoms with Crippen LogP contribution in [0.4, 0.5) is 25.9 Å². The molecule has 3 amide bonds. The molecule has 1 saturated heterocycles. The van der Waals surface area contributed by atoms with E-state index in [9.17, 15) is 14.4 Å². The van der Waals surface area contributed by atoms with Gasteiger partial charge in [-0.1, -0.05) is 0 Å². The molecule has 0 unspecified atom stereocenters. The molecule has 12 heteroatoms. The van der Waals surface area contributed by atoms with Crippen molar-refractivity contribution in [1.82, 2.24) is 15.2 Å². The van der Waals surface area contributed by atoms with Gasteiger partial charge in [0, 0.05) is 26.2 Å². The second kappa shape index (κ2) is 11.7. The molecule has 1 fully saturated rings. The van der Waals surface area contributed by atoms with Gasteiger partial charge >= 0.3 is 18.3 Å². The molecule has 2 rings (SSSR count). The molecule has 0 aliphatic carbocycles. The number of nitrogens with one attached hydrogen (secondary N) is 2. The Morgan fingerprint density at radius 3 is 1.89 bits per heavy atom. The quantitative estimate of drug-likeness (QED) is 0.331. The molecule has 12 nitrogen and oxygen atoms in total. The fraction of sp³-hybridized carbons (Fsp3) is 0.640. The molecule has 1 aromatic heterocycles. The van der Waals surface area contributed by atoms with Crippen LogP contribution in [0.15, 0.2) is 23.3 Å². The average Bonchev–Trinajstić information content (AvgIpc) is 2.70. The molecular weight excluding hydrogens is 480 g/mol. The van der Waals surface area contributed by atoms with Crippen molar-refractivity contribution < 1.29 is 28.6 Å². The molecule has 37 heavy (non-hydrogen) atoms. The van der Waals surface area contributed by atoms with E-state index in [4.69, 9.17) is 14.2 Å². The number of pyridine rings is 1. The zero-order valence-electron chi connectivity index (χ0n) is 23.3. The molecule has 0 bridgehead atoms. The molecule has 1 aliphatic heterocycles. The third-order valence-corrected chi connectivity index (χ3v) is 4.51. The second-order valence-corrected chi connectivity index (χ2v) is 11.5. The largest absolute Gasteiger partial charge is 0.444 e. The predicted octanol–water partition coefficient (Wildman–Crippen LogP) is 4.37. The third-order valence-electron chi connectivity index (χ3n) is 4.51. The summed E-state index contributed by atoms with van der Waals surface area (Å²) in [4.78, 5) is 48.8. The first-order valence-electron chi connectivity index (χ1n) is 12.2. The predicted molar refractivity (Wildman–Crippen MR) is 141 cm³/mol. The maximum absolute atomic E-state index is 12.3. The van der Waals surface area contributed by atoms with E-state index >= 15 is 0 Å². The van der Waals surface area contributed by atoms with E-state index in [1.807, 2.05) is 26.8 Å².